The van der Waals surface area contributed by atoms with E-state index in [1.165, 1.54) is 16.0 Å². The Morgan fingerprint density at radius 3 is 2.59 bits per heavy atom. The van der Waals surface area contributed by atoms with Crippen molar-refractivity contribution in [3.05, 3.63) is 58.0 Å². The fraction of sp³-hybridized carbons (Fsp3) is 0.318. The number of hydrogen-bond donors (Lipinski definition) is 1. The Morgan fingerprint density at radius 1 is 1.11 bits per heavy atom. The average Bonchev–Trinajstić information content (AvgIpc) is 3.01. The molecule has 1 aromatic heterocycles. The van der Waals surface area contributed by atoms with E-state index in [1.54, 1.807) is 11.5 Å². The van der Waals surface area contributed by atoms with Gasteiger partial charge in [-0.1, -0.05) is 55.3 Å². The van der Waals surface area contributed by atoms with Crippen molar-refractivity contribution in [3.8, 4) is 22.6 Å². The predicted molar refractivity (Wildman–Crippen MR) is 117 cm³/mol. The molecular formula is C22H24N2OS2. The van der Waals surface area contributed by atoms with Gasteiger partial charge >= 0.3 is 0 Å². The van der Waals surface area contributed by atoms with Gasteiger partial charge in [0.15, 0.2) is 0 Å². The van der Waals surface area contributed by atoms with Gasteiger partial charge in [-0.05, 0) is 50.6 Å². The lowest BCUT2D eigenvalue weighted by Crippen LogP contribution is -2.30. The van der Waals surface area contributed by atoms with E-state index in [1.807, 2.05) is 12.1 Å². The molecule has 4 rings (SSSR count). The van der Waals surface area contributed by atoms with Crippen LogP contribution in [0.1, 0.15) is 38.5 Å². The van der Waals surface area contributed by atoms with Gasteiger partial charge in [0.1, 0.15) is 10.4 Å². The molecule has 1 aliphatic rings. The topological polar surface area (TPSA) is 26.2 Å². The van der Waals surface area contributed by atoms with Crippen LogP contribution in [0, 0.1) is 4.64 Å². The Hall–Kier alpha value is -2.11. The first kappa shape index (κ1) is 18.3. The second kappa shape index (κ2) is 7.13. The normalized spacial score (nSPS) is 14.2. The van der Waals surface area contributed by atoms with Crippen molar-refractivity contribution in [1.29, 1.82) is 0 Å². The third kappa shape index (κ3) is 3.30. The molecule has 0 spiro atoms. The largest absolute Gasteiger partial charge is 0.494 e. The van der Waals surface area contributed by atoms with Crippen molar-refractivity contribution < 1.29 is 4.74 Å². The summed E-state index contributed by atoms with van der Waals surface area (Å²) in [6.07, 6.45) is 2.21. The second-order valence-corrected chi connectivity index (χ2v) is 8.73. The Labute approximate surface area is 169 Å². The van der Waals surface area contributed by atoms with Crippen molar-refractivity contribution in [2.45, 2.75) is 39.2 Å². The molecule has 2 aromatic carbocycles. The van der Waals surface area contributed by atoms with Crippen LogP contribution in [-0.4, -0.2) is 10.6 Å². The molecule has 27 heavy (non-hydrogen) atoms. The van der Waals surface area contributed by atoms with Crippen LogP contribution in [-0.2, 0) is 5.54 Å². The molecule has 0 fully saturated rings. The summed E-state index contributed by atoms with van der Waals surface area (Å²) in [5.41, 5.74) is 4.43. The molecular weight excluding hydrogens is 372 g/mol. The highest BCUT2D eigenvalue weighted by molar-refractivity contribution is 7.71. The first-order valence-electron chi connectivity index (χ1n) is 9.39. The first-order valence-corrected chi connectivity index (χ1v) is 10.6. The average molecular weight is 397 g/mol. The van der Waals surface area contributed by atoms with Gasteiger partial charge in [0.2, 0.25) is 0 Å². The lowest BCUT2D eigenvalue weighted by atomic mass is 9.90. The lowest BCUT2D eigenvalue weighted by Gasteiger charge is -2.33. The number of nitrogens with zero attached hydrogens (tertiary/aromatic N) is 1. The molecule has 0 unspecified atom stereocenters. The minimum absolute atomic E-state index is 0.156. The molecule has 0 saturated heterocycles. The number of anilines is 1. The maximum absolute atomic E-state index is 5.91. The Bertz CT molecular complexity index is 1020. The highest BCUT2D eigenvalue weighted by Gasteiger charge is 2.34. The number of nitrogens with one attached hydrogen (secondary N) is 1. The highest BCUT2D eigenvalue weighted by atomic mass is 32.1. The summed E-state index contributed by atoms with van der Waals surface area (Å²) < 4.78 is 8.81. The Balaban J connectivity index is 1.75. The van der Waals surface area contributed by atoms with Crippen LogP contribution in [0.3, 0.4) is 0 Å². The number of benzene rings is 2. The molecule has 0 radical (unpaired) electrons. The zero-order valence-corrected chi connectivity index (χ0v) is 17.5. The number of ether oxygens (including phenoxy) is 1. The molecule has 0 bridgehead atoms. The van der Waals surface area contributed by atoms with E-state index in [-0.39, 0.29) is 5.54 Å². The Morgan fingerprint density at radius 2 is 1.85 bits per heavy atom. The van der Waals surface area contributed by atoms with Crippen LogP contribution in [0.5, 0.6) is 5.75 Å². The van der Waals surface area contributed by atoms with Crippen LogP contribution in [0.4, 0.5) is 5.69 Å². The number of aromatic nitrogens is 1. The van der Waals surface area contributed by atoms with Crippen molar-refractivity contribution >= 4 is 29.4 Å². The van der Waals surface area contributed by atoms with E-state index in [9.17, 15) is 0 Å². The smallest absolute Gasteiger partial charge is 0.129 e. The Kier molecular flexibility index (Phi) is 4.82. The monoisotopic (exact) mass is 396 g/mol. The SMILES string of the molecule is CCCCOc1ccc(-n2sc3c(c2=S)-c2ccccc2NC3(C)C)cc1. The molecule has 0 aliphatic carbocycles. The second-order valence-electron chi connectivity index (χ2n) is 7.39. The van der Waals surface area contributed by atoms with E-state index in [0.717, 1.165) is 41.2 Å². The predicted octanol–water partition coefficient (Wildman–Crippen LogP) is 6.77. The summed E-state index contributed by atoms with van der Waals surface area (Å²) in [6.45, 7) is 7.35. The minimum atomic E-state index is -0.156. The third-order valence-electron chi connectivity index (χ3n) is 4.86. The quantitative estimate of drug-likeness (QED) is 0.380. The maximum atomic E-state index is 5.91. The summed E-state index contributed by atoms with van der Waals surface area (Å²) in [7, 11) is 0. The van der Waals surface area contributed by atoms with Gasteiger partial charge in [-0.3, -0.25) is 3.96 Å². The van der Waals surface area contributed by atoms with Gasteiger partial charge in [0.05, 0.1) is 22.7 Å². The molecule has 1 aliphatic heterocycles. The molecule has 3 nitrogen and oxygen atoms in total. The maximum Gasteiger partial charge on any atom is 0.129 e. The van der Waals surface area contributed by atoms with Crippen LogP contribution in [0.2, 0.25) is 0 Å². The molecule has 0 saturated carbocycles. The van der Waals surface area contributed by atoms with E-state index in [2.05, 4.69) is 66.4 Å². The fourth-order valence-corrected chi connectivity index (χ4v) is 5.08. The number of fused-ring (bicyclic) bond motifs is 3. The third-order valence-corrected chi connectivity index (χ3v) is 6.83. The van der Waals surface area contributed by atoms with Crippen LogP contribution in [0.25, 0.3) is 16.8 Å². The zero-order chi connectivity index (χ0) is 19.0. The molecule has 2 heterocycles. The van der Waals surface area contributed by atoms with E-state index < -0.39 is 0 Å². The summed E-state index contributed by atoms with van der Waals surface area (Å²) in [5, 5.41) is 3.65. The van der Waals surface area contributed by atoms with E-state index >= 15 is 0 Å². The molecule has 5 heteroatoms. The first-order chi connectivity index (χ1) is 13.0. The van der Waals surface area contributed by atoms with Gasteiger partial charge in [-0.25, -0.2) is 0 Å². The summed E-state index contributed by atoms with van der Waals surface area (Å²) >= 11 is 7.63. The standard InChI is InChI=1S/C22H24N2OS2/c1-4-5-14-25-16-12-10-15(11-13-16)24-21(26)19-17-8-6-7-9-18(17)23-22(2,3)20(19)27-24/h6-13,23H,4-5,14H2,1-3H3. The number of rotatable bonds is 5. The minimum Gasteiger partial charge on any atom is -0.494 e. The van der Waals surface area contributed by atoms with E-state index in [0.29, 0.717) is 0 Å². The number of unbranched alkanes of at least 4 members (excludes halogenated alkanes) is 1. The molecule has 1 N–H and O–H groups in total. The van der Waals surface area contributed by atoms with Gasteiger partial charge in [0.25, 0.3) is 0 Å². The molecule has 0 atom stereocenters. The lowest BCUT2D eigenvalue weighted by molar-refractivity contribution is 0.309. The molecule has 3 aromatic rings. The summed E-state index contributed by atoms with van der Waals surface area (Å²) in [5.74, 6) is 0.910. The number of para-hydroxylation sites is 1. The van der Waals surface area contributed by atoms with Crippen molar-refractivity contribution in [1.82, 2.24) is 3.96 Å². The zero-order valence-electron chi connectivity index (χ0n) is 15.9. The van der Waals surface area contributed by atoms with Crippen molar-refractivity contribution in [2.75, 3.05) is 11.9 Å². The van der Waals surface area contributed by atoms with Gasteiger partial charge in [-0.2, -0.15) is 0 Å². The van der Waals surface area contributed by atoms with Crippen molar-refractivity contribution in [2.24, 2.45) is 0 Å². The van der Waals surface area contributed by atoms with Gasteiger partial charge in [-0.15, -0.1) is 0 Å². The summed E-state index contributed by atoms with van der Waals surface area (Å²) in [4.78, 5) is 1.27. The molecule has 0 amide bonds. The fourth-order valence-electron chi connectivity index (χ4n) is 3.43. The summed E-state index contributed by atoms with van der Waals surface area (Å²) in [6, 6.07) is 16.6. The van der Waals surface area contributed by atoms with Crippen LogP contribution < -0.4 is 10.1 Å². The van der Waals surface area contributed by atoms with Gasteiger partial charge < -0.3 is 10.1 Å². The van der Waals surface area contributed by atoms with Crippen LogP contribution in [0.15, 0.2) is 48.5 Å². The van der Waals surface area contributed by atoms with E-state index in [4.69, 9.17) is 17.0 Å². The van der Waals surface area contributed by atoms with Crippen LogP contribution >= 0.6 is 23.8 Å². The van der Waals surface area contributed by atoms with Gasteiger partial charge in [0, 0.05) is 16.8 Å². The van der Waals surface area contributed by atoms with Crippen molar-refractivity contribution in [3.63, 3.8) is 0 Å². The highest BCUT2D eigenvalue weighted by Crippen LogP contribution is 2.47. The molecule has 140 valence electrons. The number of hydrogen-bond acceptors (Lipinski definition) is 4.